The maximum atomic E-state index is 13.6. The van der Waals surface area contributed by atoms with Crippen LogP contribution in [0, 0.1) is 5.82 Å². The van der Waals surface area contributed by atoms with Crippen molar-refractivity contribution in [3.63, 3.8) is 0 Å². The molecule has 0 bridgehead atoms. The van der Waals surface area contributed by atoms with E-state index in [0.29, 0.717) is 38.0 Å². The van der Waals surface area contributed by atoms with Crippen LogP contribution in [0.4, 0.5) is 35.1 Å². The molecule has 0 radical (unpaired) electrons. The minimum absolute atomic E-state index is 0. The molecule has 0 amide bonds. The minimum Gasteiger partial charge on any atom is -0.378 e. The summed E-state index contributed by atoms with van der Waals surface area (Å²) in [4.78, 5) is 12.6. The monoisotopic (exact) mass is 465 g/mol. The van der Waals surface area contributed by atoms with Crippen molar-refractivity contribution < 1.29 is 23.7 Å². The fraction of sp³-hybridized carbons (Fsp3) is 0.381. The van der Waals surface area contributed by atoms with Crippen LogP contribution in [-0.2, 0) is 10.9 Å². The molecule has 1 aromatic carbocycles. The van der Waals surface area contributed by atoms with E-state index in [2.05, 4.69) is 25.3 Å². The Kier molecular flexibility index (Phi) is 5.62. The van der Waals surface area contributed by atoms with Crippen LogP contribution in [0.2, 0.25) is 0 Å². The molecule has 33 heavy (non-hydrogen) atoms. The van der Waals surface area contributed by atoms with Gasteiger partial charge in [0.05, 0.1) is 30.5 Å². The lowest BCUT2D eigenvalue weighted by molar-refractivity contribution is -0.137. The van der Waals surface area contributed by atoms with E-state index in [1.165, 1.54) is 35.3 Å². The van der Waals surface area contributed by atoms with E-state index in [9.17, 15) is 17.6 Å². The van der Waals surface area contributed by atoms with Crippen LogP contribution in [0.15, 0.2) is 42.7 Å². The lowest BCUT2D eigenvalue weighted by Crippen LogP contribution is -2.56. The third-order valence-corrected chi connectivity index (χ3v) is 5.74. The molecule has 2 aliphatic rings. The quantitative estimate of drug-likeness (QED) is 0.580. The average Bonchev–Trinajstić information content (AvgIpc) is 3.21. The van der Waals surface area contributed by atoms with Crippen LogP contribution in [0.3, 0.4) is 0 Å². The van der Waals surface area contributed by atoms with E-state index < -0.39 is 11.7 Å². The first-order valence-corrected chi connectivity index (χ1v) is 10.5. The van der Waals surface area contributed by atoms with Crippen molar-refractivity contribution in [2.45, 2.75) is 12.2 Å². The second-order valence-electron chi connectivity index (χ2n) is 7.93. The predicted octanol–water partition coefficient (Wildman–Crippen LogP) is 3.33. The van der Waals surface area contributed by atoms with Gasteiger partial charge in [-0.3, -0.25) is 4.90 Å². The number of benzene rings is 1. The highest BCUT2D eigenvalue weighted by molar-refractivity contribution is 5.56. The standard InChI is InChI=1S/C21H21F4N7O.H2/c22-15-1-3-16(4-2-15)32-13-26-20(29-32)28-18-9-14(21(23,24)25)10-19(27-18)31-7-5-30(6-8-31)17-11-33-12-17;/h1-4,9-10,13,17H,5-8,11-12H2,(H,27,28,29);1H. The van der Waals surface area contributed by atoms with Crippen LogP contribution in [0.5, 0.6) is 0 Å². The first-order valence-electron chi connectivity index (χ1n) is 10.5. The SMILES string of the molecule is Fc1ccc(-n2cnc(Nc3cc(C(F)(F)F)cc(N4CCN(C5COC5)CC4)n3)n2)cc1.[HH]. The molecule has 0 atom stereocenters. The van der Waals surface area contributed by atoms with Gasteiger partial charge in [-0.2, -0.15) is 18.2 Å². The van der Waals surface area contributed by atoms with Crippen molar-refractivity contribution in [1.82, 2.24) is 24.6 Å². The number of halogens is 4. The van der Waals surface area contributed by atoms with Crippen LogP contribution < -0.4 is 10.2 Å². The molecule has 0 aliphatic carbocycles. The minimum atomic E-state index is -4.53. The van der Waals surface area contributed by atoms with Crippen LogP contribution in [0.1, 0.15) is 6.99 Å². The maximum absolute atomic E-state index is 13.6. The molecule has 2 aromatic heterocycles. The van der Waals surface area contributed by atoms with Gasteiger partial charge >= 0.3 is 6.18 Å². The van der Waals surface area contributed by atoms with Crippen molar-refractivity contribution >= 4 is 17.6 Å². The zero-order chi connectivity index (χ0) is 23.0. The Morgan fingerprint density at radius 2 is 1.76 bits per heavy atom. The largest absolute Gasteiger partial charge is 0.416 e. The number of hydrogen-bond acceptors (Lipinski definition) is 7. The number of ether oxygens (including phenoxy) is 1. The first kappa shape index (κ1) is 21.6. The normalized spacial score (nSPS) is 17.8. The summed E-state index contributed by atoms with van der Waals surface area (Å²) in [6.07, 6.45) is -3.15. The number of rotatable bonds is 5. The molecule has 1 N–H and O–H groups in total. The third kappa shape index (κ3) is 4.76. The van der Waals surface area contributed by atoms with E-state index >= 15 is 0 Å². The number of pyridine rings is 1. The smallest absolute Gasteiger partial charge is 0.378 e. The molecule has 2 fully saturated rings. The third-order valence-electron chi connectivity index (χ3n) is 5.74. The summed E-state index contributed by atoms with van der Waals surface area (Å²) in [5.41, 5.74) is -0.243. The highest BCUT2D eigenvalue weighted by Gasteiger charge is 2.34. The van der Waals surface area contributed by atoms with Crippen molar-refractivity contribution in [2.75, 3.05) is 49.6 Å². The molecular formula is C21H23F4N7O. The van der Waals surface area contributed by atoms with Crippen LogP contribution in [-0.4, -0.2) is 70.1 Å². The van der Waals surface area contributed by atoms with Crippen molar-refractivity contribution in [3.8, 4) is 5.69 Å². The summed E-state index contributed by atoms with van der Waals surface area (Å²) in [5, 5.41) is 6.96. The molecule has 3 aromatic rings. The summed E-state index contributed by atoms with van der Waals surface area (Å²) in [7, 11) is 0. The predicted molar refractivity (Wildman–Crippen MR) is 114 cm³/mol. The zero-order valence-corrected chi connectivity index (χ0v) is 17.5. The van der Waals surface area contributed by atoms with Gasteiger partial charge in [0.1, 0.15) is 23.8 Å². The van der Waals surface area contributed by atoms with Gasteiger partial charge in [0.15, 0.2) is 0 Å². The Bertz CT molecular complexity index is 1110. The Labute approximate surface area is 188 Å². The highest BCUT2D eigenvalue weighted by Crippen LogP contribution is 2.33. The van der Waals surface area contributed by atoms with Gasteiger partial charge in [-0.15, -0.1) is 5.10 Å². The number of nitrogens with zero attached hydrogens (tertiary/aromatic N) is 6. The zero-order valence-electron chi connectivity index (χ0n) is 17.5. The van der Waals surface area contributed by atoms with Crippen molar-refractivity contribution in [3.05, 3.63) is 54.1 Å². The van der Waals surface area contributed by atoms with Gasteiger partial charge in [0.2, 0.25) is 5.95 Å². The second-order valence-corrected chi connectivity index (χ2v) is 7.93. The van der Waals surface area contributed by atoms with E-state index in [4.69, 9.17) is 4.74 Å². The molecule has 8 nitrogen and oxygen atoms in total. The van der Waals surface area contributed by atoms with Gasteiger partial charge in [-0.1, -0.05) is 0 Å². The number of nitrogens with one attached hydrogen (secondary N) is 1. The fourth-order valence-electron chi connectivity index (χ4n) is 3.81. The molecular weight excluding hydrogens is 442 g/mol. The molecule has 0 unspecified atom stereocenters. The maximum Gasteiger partial charge on any atom is 0.416 e. The lowest BCUT2D eigenvalue weighted by Gasteiger charge is -2.43. The second kappa shape index (κ2) is 8.60. The van der Waals surface area contributed by atoms with Crippen molar-refractivity contribution in [1.29, 1.82) is 0 Å². The van der Waals surface area contributed by atoms with Crippen LogP contribution >= 0.6 is 0 Å². The summed E-state index contributed by atoms with van der Waals surface area (Å²) in [6.45, 7) is 4.01. The number of hydrogen-bond donors (Lipinski definition) is 1. The Balaban J connectivity index is 0.00000274. The van der Waals surface area contributed by atoms with E-state index in [-0.39, 0.29) is 24.8 Å². The van der Waals surface area contributed by atoms with Crippen LogP contribution in [0.25, 0.3) is 5.69 Å². The molecule has 0 spiro atoms. The fourth-order valence-corrected chi connectivity index (χ4v) is 3.81. The Morgan fingerprint density at radius 3 is 2.39 bits per heavy atom. The van der Waals surface area contributed by atoms with Gasteiger partial charge in [-0.25, -0.2) is 14.1 Å². The van der Waals surface area contributed by atoms with Crippen molar-refractivity contribution in [2.24, 2.45) is 0 Å². The van der Waals surface area contributed by atoms with Gasteiger partial charge in [0, 0.05) is 27.6 Å². The lowest BCUT2D eigenvalue weighted by atomic mass is 10.1. The highest BCUT2D eigenvalue weighted by atomic mass is 19.4. The number of alkyl halides is 3. The van der Waals surface area contributed by atoms with E-state index in [1.54, 1.807) is 0 Å². The number of aromatic nitrogens is 4. The van der Waals surface area contributed by atoms with Gasteiger partial charge < -0.3 is 15.0 Å². The molecule has 5 rings (SSSR count). The number of anilines is 3. The molecule has 4 heterocycles. The molecule has 0 saturated carbocycles. The molecule has 2 saturated heterocycles. The molecule has 176 valence electrons. The topological polar surface area (TPSA) is 71.3 Å². The van der Waals surface area contributed by atoms with Gasteiger partial charge in [0.25, 0.3) is 0 Å². The summed E-state index contributed by atoms with van der Waals surface area (Å²) >= 11 is 0. The molecule has 12 heteroatoms. The Morgan fingerprint density at radius 1 is 1.03 bits per heavy atom. The number of piperazine rings is 1. The van der Waals surface area contributed by atoms with Gasteiger partial charge in [-0.05, 0) is 36.4 Å². The first-order chi connectivity index (χ1) is 15.8. The summed E-state index contributed by atoms with van der Waals surface area (Å²) in [6, 6.07) is 7.99. The Hall–Kier alpha value is -3.25. The summed E-state index contributed by atoms with van der Waals surface area (Å²) in [5.74, 6) is -0.0760. The van der Waals surface area contributed by atoms with E-state index in [1.807, 2.05) is 4.90 Å². The van der Waals surface area contributed by atoms with E-state index in [0.717, 1.165) is 25.2 Å². The molecule has 2 aliphatic heterocycles. The average molecular weight is 465 g/mol. The summed E-state index contributed by atoms with van der Waals surface area (Å²) < 4.78 is 60.5.